The molecule has 1 N–H and O–H groups in total. The Kier molecular flexibility index (Phi) is 6.80. The number of halogens is 2. The lowest BCUT2D eigenvalue weighted by molar-refractivity contribution is 0.140. The van der Waals surface area contributed by atoms with Crippen LogP contribution >= 0.6 is 23.2 Å². The minimum atomic E-state index is -0.462. The van der Waals surface area contributed by atoms with Gasteiger partial charge in [-0.3, -0.25) is 0 Å². The number of benzene rings is 2. The highest BCUT2D eigenvalue weighted by Crippen LogP contribution is 2.19. The molecule has 1 amide bonds. The highest BCUT2D eigenvalue weighted by molar-refractivity contribution is 6.33. The van der Waals surface area contributed by atoms with Crippen LogP contribution in [0.2, 0.25) is 10.0 Å². The number of nitrogens with one attached hydrogen (secondary N) is 1. The van der Waals surface area contributed by atoms with Gasteiger partial charge in [-0.2, -0.15) is 0 Å². The normalized spacial score (nSPS) is 9.65. The molecule has 2 aromatic rings. The van der Waals surface area contributed by atoms with E-state index in [1.165, 1.54) is 0 Å². The van der Waals surface area contributed by atoms with Crippen LogP contribution in [-0.4, -0.2) is 12.6 Å². The molecule has 0 bridgehead atoms. The van der Waals surface area contributed by atoms with Crippen molar-refractivity contribution in [2.45, 2.75) is 13.0 Å². The zero-order valence-corrected chi connectivity index (χ0v) is 13.8. The SMILES string of the molecule is O=C(NCCC#Cc1cc(Cl)ccc1Cl)OCc1ccccc1. The molecule has 2 rings (SSSR count). The minimum Gasteiger partial charge on any atom is -0.445 e. The third kappa shape index (κ3) is 6.23. The summed E-state index contributed by atoms with van der Waals surface area (Å²) in [6.45, 7) is 0.648. The van der Waals surface area contributed by atoms with Crippen molar-refractivity contribution in [3.05, 3.63) is 69.7 Å². The van der Waals surface area contributed by atoms with Gasteiger partial charge in [0.05, 0.1) is 5.02 Å². The number of carbonyl (C=O) groups is 1. The lowest BCUT2D eigenvalue weighted by Gasteiger charge is -2.05. The van der Waals surface area contributed by atoms with Crippen molar-refractivity contribution in [2.24, 2.45) is 0 Å². The van der Waals surface area contributed by atoms with Crippen LogP contribution in [0.1, 0.15) is 17.5 Å². The van der Waals surface area contributed by atoms with Crippen LogP contribution in [0.25, 0.3) is 0 Å². The fourth-order valence-corrected chi connectivity index (χ4v) is 2.09. The van der Waals surface area contributed by atoms with Crippen molar-refractivity contribution in [3.8, 4) is 11.8 Å². The summed E-state index contributed by atoms with van der Waals surface area (Å²) in [6.07, 6.45) is 0.0277. The number of ether oxygens (including phenoxy) is 1. The number of carbonyl (C=O) groups excluding carboxylic acids is 1. The molecule has 0 atom stereocenters. The van der Waals surface area contributed by atoms with Crippen molar-refractivity contribution in [1.29, 1.82) is 0 Å². The smallest absolute Gasteiger partial charge is 0.407 e. The Morgan fingerprint density at radius 1 is 1.13 bits per heavy atom. The first kappa shape index (κ1) is 17.2. The maximum atomic E-state index is 11.5. The summed E-state index contributed by atoms with van der Waals surface area (Å²) in [4.78, 5) is 11.5. The summed E-state index contributed by atoms with van der Waals surface area (Å²) in [5, 5.41) is 3.78. The first-order valence-corrected chi connectivity index (χ1v) is 7.79. The molecule has 0 radical (unpaired) electrons. The van der Waals surface area contributed by atoms with E-state index in [0.29, 0.717) is 28.6 Å². The van der Waals surface area contributed by atoms with E-state index in [2.05, 4.69) is 17.2 Å². The monoisotopic (exact) mass is 347 g/mol. The molecule has 118 valence electrons. The molecule has 0 aliphatic rings. The third-order valence-corrected chi connectivity index (χ3v) is 3.45. The van der Waals surface area contributed by atoms with Crippen molar-refractivity contribution >= 4 is 29.3 Å². The number of hydrogen-bond donors (Lipinski definition) is 1. The second-order valence-electron chi connectivity index (χ2n) is 4.66. The van der Waals surface area contributed by atoms with Gasteiger partial charge in [0.1, 0.15) is 6.61 Å². The number of amides is 1. The maximum Gasteiger partial charge on any atom is 0.407 e. The molecule has 0 saturated carbocycles. The average Bonchev–Trinajstić information content (AvgIpc) is 2.56. The van der Waals surface area contributed by atoms with Gasteiger partial charge in [0.25, 0.3) is 0 Å². The van der Waals surface area contributed by atoms with Crippen LogP contribution in [0, 0.1) is 11.8 Å². The Labute approximate surface area is 145 Å². The van der Waals surface area contributed by atoms with E-state index in [-0.39, 0.29) is 6.61 Å². The zero-order chi connectivity index (χ0) is 16.5. The van der Waals surface area contributed by atoms with E-state index >= 15 is 0 Å². The van der Waals surface area contributed by atoms with Crippen LogP contribution in [0.15, 0.2) is 48.5 Å². The van der Waals surface area contributed by atoms with Gasteiger partial charge in [0, 0.05) is 23.6 Å². The zero-order valence-electron chi connectivity index (χ0n) is 12.3. The third-order valence-electron chi connectivity index (χ3n) is 2.88. The van der Waals surface area contributed by atoms with Gasteiger partial charge in [-0.1, -0.05) is 65.4 Å². The van der Waals surface area contributed by atoms with E-state index in [0.717, 1.165) is 5.56 Å². The van der Waals surface area contributed by atoms with Crippen LogP contribution < -0.4 is 5.32 Å². The van der Waals surface area contributed by atoms with E-state index in [9.17, 15) is 4.79 Å². The molecule has 0 spiro atoms. The number of alkyl carbamates (subject to hydrolysis) is 1. The quantitative estimate of drug-likeness (QED) is 0.645. The van der Waals surface area contributed by atoms with Crippen LogP contribution in [0.5, 0.6) is 0 Å². The maximum absolute atomic E-state index is 11.5. The summed E-state index contributed by atoms with van der Waals surface area (Å²) in [5.74, 6) is 5.86. The molecule has 3 nitrogen and oxygen atoms in total. The van der Waals surface area contributed by atoms with E-state index in [1.807, 2.05) is 30.3 Å². The molecule has 0 heterocycles. The Morgan fingerprint density at radius 2 is 1.91 bits per heavy atom. The van der Waals surface area contributed by atoms with Crippen LogP contribution in [-0.2, 0) is 11.3 Å². The molecule has 0 aliphatic heterocycles. The van der Waals surface area contributed by atoms with Gasteiger partial charge < -0.3 is 10.1 Å². The second-order valence-corrected chi connectivity index (χ2v) is 5.51. The van der Waals surface area contributed by atoms with Gasteiger partial charge in [0.2, 0.25) is 0 Å². The van der Waals surface area contributed by atoms with E-state index in [4.69, 9.17) is 27.9 Å². The Morgan fingerprint density at radius 3 is 2.70 bits per heavy atom. The minimum absolute atomic E-state index is 0.247. The predicted octanol–water partition coefficient (Wildman–Crippen LogP) is 4.66. The van der Waals surface area contributed by atoms with Crippen molar-refractivity contribution < 1.29 is 9.53 Å². The van der Waals surface area contributed by atoms with Gasteiger partial charge >= 0.3 is 6.09 Å². The summed E-state index contributed by atoms with van der Waals surface area (Å²) in [5.41, 5.74) is 1.61. The standard InChI is InChI=1S/C18H15Cl2NO2/c19-16-9-10-17(20)15(12-16)8-4-5-11-21-18(22)23-13-14-6-2-1-3-7-14/h1-3,6-7,9-10,12H,5,11,13H2,(H,21,22). The Balaban J connectivity index is 1.70. The molecule has 0 aliphatic carbocycles. The molecule has 0 saturated heterocycles. The van der Waals surface area contributed by atoms with Crippen LogP contribution in [0.4, 0.5) is 4.79 Å². The topological polar surface area (TPSA) is 38.3 Å². The molecular weight excluding hydrogens is 333 g/mol. The van der Waals surface area contributed by atoms with Gasteiger partial charge in [-0.25, -0.2) is 4.79 Å². The highest BCUT2D eigenvalue weighted by Gasteiger charge is 2.01. The molecule has 0 fully saturated rings. The largest absolute Gasteiger partial charge is 0.445 e. The average molecular weight is 348 g/mol. The number of rotatable bonds is 4. The van der Waals surface area contributed by atoms with Crippen molar-refractivity contribution in [1.82, 2.24) is 5.32 Å². The second kappa shape index (κ2) is 9.09. The van der Waals surface area contributed by atoms with E-state index in [1.54, 1.807) is 18.2 Å². The molecule has 0 unspecified atom stereocenters. The molecule has 0 aromatic heterocycles. The fourth-order valence-electron chi connectivity index (χ4n) is 1.75. The summed E-state index contributed by atoms with van der Waals surface area (Å²) in [7, 11) is 0. The first-order chi connectivity index (χ1) is 11.1. The van der Waals surface area contributed by atoms with E-state index < -0.39 is 6.09 Å². The number of hydrogen-bond acceptors (Lipinski definition) is 2. The van der Waals surface area contributed by atoms with Gasteiger partial charge in [-0.15, -0.1) is 0 Å². The first-order valence-electron chi connectivity index (χ1n) is 7.03. The summed E-state index contributed by atoms with van der Waals surface area (Å²) < 4.78 is 5.09. The highest BCUT2D eigenvalue weighted by atomic mass is 35.5. The van der Waals surface area contributed by atoms with Gasteiger partial charge in [0.15, 0.2) is 0 Å². The van der Waals surface area contributed by atoms with Crippen molar-refractivity contribution in [3.63, 3.8) is 0 Å². The molecule has 2 aromatic carbocycles. The van der Waals surface area contributed by atoms with Crippen LogP contribution in [0.3, 0.4) is 0 Å². The molecule has 23 heavy (non-hydrogen) atoms. The fraction of sp³-hybridized carbons (Fsp3) is 0.167. The van der Waals surface area contributed by atoms with Crippen molar-refractivity contribution in [2.75, 3.05) is 6.54 Å². The summed E-state index contributed by atoms with van der Waals surface area (Å²) >= 11 is 11.9. The molecular formula is C18H15Cl2NO2. The lowest BCUT2D eigenvalue weighted by Crippen LogP contribution is -2.24. The Bertz CT molecular complexity index is 721. The molecule has 5 heteroatoms. The van der Waals surface area contributed by atoms with Gasteiger partial charge in [-0.05, 0) is 23.8 Å². The summed E-state index contributed by atoms with van der Waals surface area (Å²) in [6, 6.07) is 14.6. The predicted molar refractivity (Wildman–Crippen MR) is 92.6 cm³/mol. The lowest BCUT2D eigenvalue weighted by atomic mass is 10.2. The Hall–Kier alpha value is -2.15.